The lowest BCUT2D eigenvalue weighted by Crippen LogP contribution is -2.48. The van der Waals surface area contributed by atoms with Crippen molar-refractivity contribution in [2.24, 2.45) is 11.8 Å². The lowest BCUT2D eigenvalue weighted by Gasteiger charge is -2.31. The molecule has 9 heteroatoms. The van der Waals surface area contributed by atoms with Gasteiger partial charge in [-0.3, -0.25) is 14.5 Å². The normalized spacial score (nSPS) is 26.1. The van der Waals surface area contributed by atoms with Crippen molar-refractivity contribution in [3.63, 3.8) is 0 Å². The van der Waals surface area contributed by atoms with Crippen LogP contribution in [0.2, 0.25) is 0 Å². The van der Waals surface area contributed by atoms with Gasteiger partial charge in [0.2, 0.25) is 11.8 Å². The van der Waals surface area contributed by atoms with E-state index < -0.39 is 10.1 Å². The van der Waals surface area contributed by atoms with Crippen LogP contribution in [-0.4, -0.2) is 86.4 Å². The number of hydrogen-bond acceptors (Lipinski definition) is 6. The van der Waals surface area contributed by atoms with Crippen molar-refractivity contribution in [1.82, 2.24) is 4.90 Å². The van der Waals surface area contributed by atoms with Crippen LogP contribution in [0.5, 0.6) is 0 Å². The van der Waals surface area contributed by atoms with Gasteiger partial charge in [0.15, 0.2) is 0 Å². The highest BCUT2D eigenvalue weighted by Gasteiger charge is 2.62. The summed E-state index contributed by atoms with van der Waals surface area (Å²) in [6, 6.07) is 0. The van der Waals surface area contributed by atoms with E-state index in [1.807, 2.05) is 0 Å². The number of likely N-dealkylation sites (tertiary alicyclic amines) is 1. The summed E-state index contributed by atoms with van der Waals surface area (Å²) < 4.78 is 33.9. The van der Waals surface area contributed by atoms with E-state index in [-0.39, 0.29) is 35.9 Å². The van der Waals surface area contributed by atoms with Crippen molar-refractivity contribution in [1.29, 1.82) is 0 Å². The number of quaternary nitrogens is 1. The van der Waals surface area contributed by atoms with Crippen LogP contribution < -0.4 is 0 Å². The quantitative estimate of drug-likeness (QED) is 0.156. The molecule has 0 aromatic rings. The minimum absolute atomic E-state index is 0.000551. The fraction of sp³-hybridized carbons (Fsp3) is 0.920. The number of likely N-dealkylation sites (N-methyl/N-ethyl adjacent to an activating group) is 1. The number of imide groups is 1. The Morgan fingerprint density at radius 2 is 1.26 bits per heavy atom. The van der Waals surface area contributed by atoms with Crippen LogP contribution in [0.25, 0.3) is 0 Å². The second kappa shape index (κ2) is 13.3. The van der Waals surface area contributed by atoms with Gasteiger partial charge in [0, 0.05) is 6.26 Å². The third kappa shape index (κ3) is 9.21. The Balaban J connectivity index is 0.000000739. The smallest absolute Gasteiger partial charge is 0.236 e. The van der Waals surface area contributed by atoms with Gasteiger partial charge in [-0.2, -0.15) is 0 Å². The molecule has 0 radical (unpaired) electrons. The molecule has 3 aliphatic rings. The summed E-state index contributed by atoms with van der Waals surface area (Å²) in [5.74, 6) is -0.296. The van der Waals surface area contributed by atoms with Crippen LogP contribution in [0.1, 0.15) is 84.0 Å². The largest absolute Gasteiger partial charge is 0.748 e. The standard InChI is InChI=1S/C24H43N2O3.CH4O3S/c1-4-5-6-7-8-9-10-11-12-13-17-26(2,3)18-16-25-23(27)21-19-14-15-20(29-19)22(21)24(25)28;1-5(2,3)4/h19-22H,4-18H2,1-3H3;1H3,(H,2,3,4)/q+1;/p-1/t19-,20+,21-,22+;. The first-order chi connectivity index (χ1) is 15.9. The molecule has 3 saturated heterocycles. The fourth-order valence-corrected chi connectivity index (χ4v) is 5.50. The van der Waals surface area contributed by atoms with Crippen LogP contribution >= 0.6 is 0 Å². The predicted octanol–water partition coefficient (Wildman–Crippen LogP) is 3.31. The number of carbonyl (C=O) groups is 2. The Morgan fingerprint density at radius 3 is 1.71 bits per heavy atom. The minimum Gasteiger partial charge on any atom is -0.748 e. The number of hydrogen-bond donors (Lipinski definition) is 0. The molecular weight excluding hydrogens is 456 g/mol. The molecule has 2 bridgehead atoms. The number of carbonyl (C=O) groups excluding carboxylic acids is 2. The average Bonchev–Trinajstić information content (AvgIpc) is 3.41. The van der Waals surface area contributed by atoms with Crippen molar-refractivity contribution in [3.05, 3.63) is 0 Å². The monoisotopic (exact) mass is 502 g/mol. The van der Waals surface area contributed by atoms with Crippen LogP contribution in [0, 0.1) is 11.8 Å². The zero-order chi connectivity index (χ0) is 25.4. The molecule has 198 valence electrons. The lowest BCUT2D eigenvalue weighted by molar-refractivity contribution is -0.889. The number of rotatable bonds is 14. The van der Waals surface area contributed by atoms with E-state index in [1.165, 1.54) is 64.2 Å². The summed E-state index contributed by atoms with van der Waals surface area (Å²) in [6.45, 7) is 4.80. The minimum atomic E-state index is -3.92. The van der Waals surface area contributed by atoms with E-state index in [4.69, 9.17) is 17.7 Å². The highest BCUT2D eigenvalue weighted by molar-refractivity contribution is 7.84. The molecule has 3 heterocycles. The summed E-state index contributed by atoms with van der Waals surface area (Å²) in [4.78, 5) is 27.1. The molecule has 0 N–H and O–H groups in total. The van der Waals surface area contributed by atoms with Gasteiger partial charge in [-0.05, 0) is 25.7 Å². The van der Waals surface area contributed by atoms with E-state index in [9.17, 15) is 9.59 Å². The third-order valence-corrected chi connectivity index (χ3v) is 7.42. The summed E-state index contributed by atoms with van der Waals surface area (Å²) in [7, 11) is 0.540. The summed E-state index contributed by atoms with van der Waals surface area (Å²) >= 11 is 0. The van der Waals surface area contributed by atoms with Gasteiger partial charge in [0.05, 0.1) is 67.9 Å². The molecule has 0 saturated carbocycles. The van der Waals surface area contributed by atoms with Crippen molar-refractivity contribution in [3.8, 4) is 0 Å². The molecule has 4 atom stereocenters. The van der Waals surface area contributed by atoms with E-state index >= 15 is 0 Å². The van der Waals surface area contributed by atoms with Gasteiger partial charge >= 0.3 is 0 Å². The maximum atomic E-state index is 12.8. The van der Waals surface area contributed by atoms with Gasteiger partial charge in [-0.15, -0.1) is 0 Å². The molecule has 8 nitrogen and oxygen atoms in total. The van der Waals surface area contributed by atoms with Crippen LogP contribution in [0.3, 0.4) is 0 Å². The number of unbranched alkanes of at least 4 members (excludes halogenated alkanes) is 9. The fourth-order valence-electron chi connectivity index (χ4n) is 5.50. The van der Waals surface area contributed by atoms with Crippen LogP contribution in [-0.2, 0) is 24.4 Å². The number of amides is 2. The summed E-state index contributed by atoms with van der Waals surface area (Å²) in [6.07, 6.45) is 16.0. The topological polar surface area (TPSA) is 104 Å². The zero-order valence-electron chi connectivity index (χ0n) is 21.7. The molecule has 0 unspecified atom stereocenters. The lowest BCUT2D eigenvalue weighted by atomic mass is 9.81. The van der Waals surface area contributed by atoms with Crippen molar-refractivity contribution in [2.75, 3.05) is 40.0 Å². The maximum Gasteiger partial charge on any atom is 0.236 e. The maximum absolute atomic E-state index is 12.8. The number of fused-ring (bicyclic) bond motifs is 5. The third-order valence-electron chi connectivity index (χ3n) is 7.42. The second-order valence-electron chi connectivity index (χ2n) is 10.9. The average molecular weight is 503 g/mol. The first-order valence-corrected chi connectivity index (χ1v) is 15.0. The van der Waals surface area contributed by atoms with E-state index in [1.54, 1.807) is 4.90 Å². The van der Waals surface area contributed by atoms with Crippen LogP contribution in [0.4, 0.5) is 0 Å². The van der Waals surface area contributed by atoms with E-state index in [0.717, 1.165) is 30.4 Å². The highest BCUT2D eigenvalue weighted by atomic mass is 32.2. The number of nitrogens with zero attached hydrogens (tertiary/aromatic N) is 2. The Hall–Kier alpha value is -1.03. The first-order valence-electron chi connectivity index (χ1n) is 13.2. The molecule has 0 aliphatic carbocycles. The molecule has 34 heavy (non-hydrogen) atoms. The molecule has 0 aromatic heterocycles. The summed E-state index contributed by atoms with van der Waals surface area (Å²) in [5, 5.41) is 0. The van der Waals surface area contributed by atoms with Gasteiger partial charge in [-0.1, -0.05) is 58.3 Å². The Kier molecular flexibility index (Phi) is 11.4. The Bertz CT molecular complexity index is 733. The van der Waals surface area contributed by atoms with Crippen molar-refractivity contribution in [2.45, 2.75) is 96.2 Å². The zero-order valence-corrected chi connectivity index (χ0v) is 22.5. The molecular formula is C25H46N2O6S. The summed E-state index contributed by atoms with van der Waals surface area (Å²) in [5.41, 5.74) is 0. The molecule has 3 rings (SSSR count). The molecule has 3 aliphatic heterocycles. The Labute approximate surface area is 206 Å². The first kappa shape index (κ1) is 29.2. The Morgan fingerprint density at radius 1 is 0.853 bits per heavy atom. The molecule has 3 fully saturated rings. The van der Waals surface area contributed by atoms with Crippen molar-refractivity contribution < 1.29 is 31.8 Å². The number of ether oxygens (including phenoxy) is 1. The molecule has 0 spiro atoms. The molecule has 0 aromatic carbocycles. The van der Waals surface area contributed by atoms with Gasteiger partial charge in [0.1, 0.15) is 0 Å². The highest BCUT2D eigenvalue weighted by Crippen LogP contribution is 2.48. The molecule has 2 amide bonds. The van der Waals surface area contributed by atoms with Crippen molar-refractivity contribution >= 4 is 21.9 Å². The van der Waals surface area contributed by atoms with E-state index in [0.29, 0.717) is 12.8 Å². The van der Waals surface area contributed by atoms with Gasteiger partial charge in [0.25, 0.3) is 0 Å². The van der Waals surface area contributed by atoms with E-state index in [2.05, 4.69) is 21.0 Å². The van der Waals surface area contributed by atoms with Gasteiger partial charge < -0.3 is 13.8 Å². The predicted molar refractivity (Wildman–Crippen MR) is 131 cm³/mol. The van der Waals surface area contributed by atoms with Gasteiger partial charge in [-0.25, -0.2) is 8.42 Å². The SMILES string of the molecule is CCCCCCCCCCCC[N+](C)(C)CCN1C(=O)[C@@H]2[C@H](C1=O)[C@H]1CC[C@@H]2O1.CS(=O)(=O)[O-]. The van der Waals surface area contributed by atoms with Crippen LogP contribution in [0.15, 0.2) is 0 Å². The second-order valence-corrected chi connectivity index (χ2v) is 12.3.